The fourth-order valence-corrected chi connectivity index (χ4v) is 10.2. The summed E-state index contributed by atoms with van der Waals surface area (Å²) >= 11 is 0. The van der Waals surface area contributed by atoms with Crippen molar-refractivity contribution in [3.05, 3.63) is 223 Å². The molecule has 0 amide bonds. The first-order valence-electron chi connectivity index (χ1n) is 28.4. The second-order valence-corrected chi connectivity index (χ2v) is 22.2. The average molecular weight is 1910 g/mol. The van der Waals surface area contributed by atoms with Crippen molar-refractivity contribution in [1.82, 2.24) is 73.1 Å². The van der Waals surface area contributed by atoms with Crippen LogP contribution >= 0.6 is 0 Å². The summed E-state index contributed by atoms with van der Waals surface area (Å²) in [5.74, 6) is 5.44. The quantitative estimate of drug-likeness (QED) is 0.139. The van der Waals surface area contributed by atoms with Gasteiger partial charge in [-0.05, 0) is 99.3 Å². The van der Waals surface area contributed by atoms with Crippen LogP contribution in [0.3, 0.4) is 0 Å². The Bertz CT molecular complexity index is 4750. The number of imidazole rings is 4. The third kappa shape index (κ3) is 15.3. The Labute approximate surface area is 584 Å². The molecule has 470 valence electrons. The number of methoxy groups -OCH3 is 1. The van der Waals surface area contributed by atoms with Crippen molar-refractivity contribution < 1.29 is 85.2 Å². The number of para-hydroxylation sites is 1. The molecule has 0 aliphatic heterocycles. The number of aryl methyl sites for hydroxylation is 9. The Morgan fingerprint density at radius 3 is 1.44 bits per heavy atom. The molecule has 4 radical (unpaired) electrons. The molecule has 0 fully saturated rings. The van der Waals surface area contributed by atoms with E-state index in [-0.39, 0.29) is 85.8 Å². The molecule has 0 unspecified atom stereocenters. The molecule has 0 saturated heterocycles. The molecule has 0 atom stereocenters. The van der Waals surface area contributed by atoms with E-state index in [1.807, 2.05) is 178 Å². The van der Waals surface area contributed by atoms with Crippen molar-refractivity contribution in [3.8, 4) is 67.7 Å². The van der Waals surface area contributed by atoms with Crippen LogP contribution in [-0.2, 0) is 107 Å². The SMILES string of the molecule is COc1c[c-]c(-c2cc3nc(C)n(C)c3cn2)cc1.Cc1cccc(C)c1-c1ncc[c-]c1-c1cc2nc(C)n(C)c2cn1.Cc1nc2cc(-c3[c-]cccc3)ncc2n1-c1ccccc1.Cc1nc2cc(-c3[c-]nc(C(C)(C)C)nc3)ncc2n1C.[Ir].[Ir].[Ir].[Ir]. The molecule has 0 bridgehead atoms. The molecule has 20 heteroatoms. The van der Waals surface area contributed by atoms with Gasteiger partial charge in [0.1, 0.15) is 23.3 Å². The van der Waals surface area contributed by atoms with Gasteiger partial charge in [-0.25, -0.2) is 19.9 Å². The maximum atomic E-state index is 5.13. The monoisotopic (exact) mass is 1920 g/mol. The zero-order chi connectivity index (χ0) is 61.1. The molecule has 4 aromatic carbocycles. The number of hydrogen-bond donors (Lipinski definition) is 0. The molecule has 91 heavy (non-hydrogen) atoms. The average Bonchev–Trinajstić information content (AvgIpc) is 2.03. The third-order valence-electron chi connectivity index (χ3n) is 15.2. The van der Waals surface area contributed by atoms with Crippen molar-refractivity contribution in [1.29, 1.82) is 0 Å². The first kappa shape index (κ1) is 70.4. The first-order valence-corrected chi connectivity index (χ1v) is 28.4. The van der Waals surface area contributed by atoms with E-state index in [1.54, 1.807) is 19.5 Å². The van der Waals surface area contributed by atoms with Gasteiger partial charge < -0.3 is 53.3 Å². The van der Waals surface area contributed by atoms with Crippen molar-refractivity contribution in [2.75, 3.05) is 7.11 Å². The maximum absolute atomic E-state index is 5.13. The molecule has 14 aromatic rings. The molecule has 10 aromatic heterocycles. The molecule has 0 aliphatic carbocycles. The van der Waals surface area contributed by atoms with E-state index >= 15 is 0 Å². The minimum atomic E-state index is -0.0789. The van der Waals surface area contributed by atoms with Gasteiger partial charge in [-0.3, -0.25) is 4.57 Å². The summed E-state index contributed by atoms with van der Waals surface area (Å²) in [6.45, 7) is 18.4. The van der Waals surface area contributed by atoms with Crippen LogP contribution in [0.25, 0.3) is 106 Å². The van der Waals surface area contributed by atoms with Crippen molar-refractivity contribution in [3.63, 3.8) is 0 Å². The van der Waals surface area contributed by atoms with Gasteiger partial charge in [-0.2, -0.15) is 0 Å². The van der Waals surface area contributed by atoms with Crippen LogP contribution in [0.15, 0.2) is 159 Å². The summed E-state index contributed by atoms with van der Waals surface area (Å²) in [5, 5.41) is 0. The smallest absolute Gasteiger partial charge is 0.111 e. The van der Waals surface area contributed by atoms with Crippen LogP contribution in [0.1, 0.15) is 61.0 Å². The Morgan fingerprint density at radius 2 is 0.945 bits per heavy atom. The number of nitrogens with zero attached hydrogens (tertiary/aromatic N) is 15. The van der Waals surface area contributed by atoms with Gasteiger partial charge in [0.15, 0.2) is 0 Å². The van der Waals surface area contributed by atoms with Crippen LogP contribution in [0.5, 0.6) is 5.75 Å². The minimum Gasteiger partial charge on any atom is -0.540 e. The zero-order valence-corrected chi connectivity index (χ0v) is 62.0. The molecule has 0 spiro atoms. The van der Waals surface area contributed by atoms with E-state index < -0.39 is 0 Å². The molecular formula is C71H65Ir4N15O-4. The number of hydrogen-bond acceptors (Lipinski definition) is 12. The van der Waals surface area contributed by atoms with Crippen molar-refractivity contribution in [2.45, 2.75) is 67.7 Å². The fourth-order valence-electron chi connectivity index (χ4n) is 10.2. The molecule has 0 saturated carbocycles. The second-order valence-electron chi connectivity index (χ2n) is 22.2. The van der Waals surface area contributed by atoms with E-state index in [9.17, 15) is 0 Å². The largest absolute Gasteiger partial charge is 0.540 e. The summed E-state index contributed by atoms with van der Waals surface area (Å²) in [5.41, 5.74) is 20.4. The molecule has 0 N–H and O–H groups in total. The fraction of sp³-hybridized carbons (Fsp3) is 0.197. The van der Waals surface area contributed by atoms with Crippen LogP contribution < -0.4 is 4.74 Å². The van der Waals surface area contributed by atoms with Gasteiger partial charge in [0.25, 0.3) is 0 Å². The van der Waals surface area contributed by atoms with Crippen LogP contribution in [0.4, 0.5) is 0 Å². The van der Waals surface area contributed by atoms with Crippen LogP contribution in [0, 0.1) is 65.9 Å². The summed E-state index contributed by atoms with van der Waals surface area (Å²) in [6.07, 6.45) is 14.0. The Morgan fingerprint density at radius 1 is 0.451 bits per heavy atom. The standard InChI is InChI=1S/C21H19N4.C19H14N3.C16H18N5.C15H14N3O.4Ir/c1-13-7-5-8-14(2)20(13)21-16(9-6-10-22-21)17-11-18-19(12-23-17)25(4)15(3)24-18;1-14-21-18-12-17(15-8-4-2-5-9-15)20-13-19(18)22(14)16-10-6-3-7-11-16;1-10-20-13-6-12(17-9-14(13)21(10)5)11-7-18-15(19-8-11)16(2,3)4;1-10-17-14-8-13(16-9-15(14)18(10)2)11-4-6-12(19-3)7-5-11;;;;/h5-8,10-12H,1-4H3;2-8,10-13H,1H3;6-7,9H,1-5H3;4,6-9H,1-3H3;;;;/q4*-1;;;;. The van der Waals surface area contributed by atoms with Crippen molar-refractivity contribution >= 4 is 44.1 Å². The van der Waals surface area contributed by atoms with Gasteiger partial charge in [-0.15, -0.1) is 77.9 Å². The van der Waals surface area contributed by atoms with Gasteiger partial charge >= 0.3 is 0 Å². The van der Waals surface area contributed by atoms with Crippen molar-refractivity contribution in [2.24, 2.45) is 21.1 Å². The zero-order valence-electron chi connectivity index (χ0n) is 52.5. The maximum Gasteiger partial charge on any atom is 0.111 e. The predicted octanol–water partition coefficient (Wildman–Crippen LogP) is 14.2. The summed E-state index contributed by atoms with van der Waals surface area (Å²) < 4.78 is 13.4. The minimum absolute atomic E-state index is 0. The predicted molar refractivity (Wildman–Crippen MR) is 344 cm³/mol. The number of pyridine rings is 5. The molecule has 0 aliphatic rings. The topological polar surface area (TPSA) is 171 Å². The number of fused-ring (bicyclic) bond motifs is 4. The Balaban J connectivity index is 0.000000171. The Hall–Kier alpha value is -8.01. The molecule has 16 nitrogen and oxygen atoms in total. The molecule has 10 heterocycles. The summed E-state index contributed by atoms with van der Waals surface area (Å²) in [6, 6.07) is 49.6. The number of rotatable bonds is 7. The molecule has 14 rings (SSSR count). The van der Waals surface area contributed by atoms with Gasteiger partial charge in [0.05, 0.1) is 51.2 Å². The summed E-state index contributed by atoms with van der Waals surface area (Å²) in [4.78, 5) is 49.9. The van der Waals surface area contributed by atoms with Gasteiger partial charge in [-0.1, -0.05) is 116 Å². The third-order valence-corrected chi connectivity index (χ3v) is 15.2. The van der Waals surface area contributed by atoms with Crippen LogP contribution in [0.2, 0.25) is 0 Å². The normalized spacial score (nSPS) is 10.8. The number of ether oxygens (including phenoxy) is 1. The first-order chi connectivity index (χ1) is 41.9. The summed E-state index contributed by atoms with van der Waals surface area (Å²) in [7, 11) is 7.62. The van der Waals surface area contributed by atoms with E-state index in [1.165, 1.54) is 11.1 Å². The Kier molecular flexibility index (Phi) is 23.5. The van der Waals surface area contributed by atoms with Gasteiger partial charge in [0.2, 0.25) is 0 Å². The number of aromatic nitrogens is 15. The van der Waals surface area contributed by atoms with E-state index in [0.717, 1.165) is 141 Å². The van der Waals surface area contributed by atoms with E-state index in [2.05, 4.69) is 149 Å². The second kappa shape index (κ2) is 30.4. The number of benzene rings is 4. The molecular weight excluding hydrogens is 1850 g/mol. The van der Waals surface area contributed by atoms with E-state index in [0.29, 0.717) is 0 Å². The van der Waals surface area contributed by atoms with E-state index in [4.69, 9.17) is 4.74 Å². The van der Waals surface area contributed by atoms with Crippen LogP contribution in [-0.4, -0.2) is 80.2 Å². The van der Waals surface area contributed by atoms with Gasteiger partial charge in [0, 0.05) is 144 Å².